The molecule has 3 saturated carbocycles. The quantitative estimate of drug-likeness (QED) is 0.503. The van der Waals surface area contributed by atoms with Crippen LogP contribution >= 0.6 is 23.2 Å². The number of aliphatic hydroxyl groups excluding tert-OH is 1. The molecule has 34 heavy (non-hydrogen) atoms. The van der Waals surface area contributed by atoms with Crippen LogP contribution in [0, 0.1) is 5.82 Å². The highest BCUT2D eigenvalue weighted by Crippen LogP contribution is 2.47. The van der Waals surface area contributed by atoms with Crippen LogP contribution in [0.4, 0.5) is 4.39 Å². The first-order valence-electron chi connectivity index (χ1n) is 11.0. The second kappa shape index (κ2) is 9.98. The molecule has 10 heteroatoms. The van der Waals surface area contributed by atoms with Crippen molar-refractivity contribution >= 4 is 35.0 Å². The van der Waals surface area contributed by atoms with Gasteiger partial charge < -0.3 is 25.2 Å². The van der Waals surface area contributed by atoms with E-state index < -0.39 is 23.0 Å². The molecule has 182 valence electrons. The summed E-state index contributed by atoms with van der Waals surface area (Å²) in [5, 5.41) is 17.3. The Morgan fingerprint density at radius 1 is 0.941 bits per heavy atom. The Labute approximate surface area is 206 Å². The van der Waals surface area contributed by atoms with Gasteiger partial charge in [-0.3, -0.25) is 9.59 Å². The van der Waals surface area contributed by atoms with Crippen LogP contribution in [0.5, 0.6) is 11.5 Å². The fourth-order valence-electron chi connectivity index (χ4n) is 4.70. The van der Waals surface area contributed by atoms with Gasteiger partial charge in [0.25, 0.3) is 11.8 Å². The zero-order valence-electron chi connectivity index (χ0n) is 18.3. The molecule has 2 aromatic carbocycles. The minimum atomic E-state index is -0.818. The summed E-state index contributed by atoms with van der Waals surface area (Å²) >= 11 is 11.5. The van der Waals surface area contributed by atoms with Crippen molar-refractivity contribution in [2.75, 3.05) is 13.2 Å². The second-order valence-electron chi connectivity index (χ2n) is 8.86. The lowest BCUT2D eigenvalue weighted by Gasteiger charge is -2.56. The molecule has 1 unspecified atom stereocenters. The first-order chi connectivity index (χ1) is 16.2. The summed E-state index contributed by atoms with van der Waals surface area (Å²) < 4.78 is 24.4. The number of carbonyl (C=O) groups excluding carboxylic acids is 2. The maximum atomic E-state index is 13.5. The highest BCUT2D eigenvalue weighted by molar-refractivity contribution is 6.31. The molecule has 2 bridgehead atoms. The van der Waals surface area contributed by atoms with Gasteiger partial charge in [-0.15, -0.1) is 0 Å². The summed E-state index contributed by atoms with van der Waals surface area (Å²) in [5.74, 6) is -0.592. The van der Waals surface area contributed by atoms with Gasteiger partial charge in [-0.25, -0.2) is 4.39 Å². The van der Waals surface area contributed by atoms with Crippen LogP contribution in [-0.2, 0) is 9.59 Å². The van der Waals surface area contributed by atoms with Gasteiger partial charge in [-0.2, -0.15) is 0 Å². The fourth-order valence-corrected chi connectivity index (χ4v) is 4.95. The van der Waals surface area contributed by atoms with Crippen LogP contribution in [0.15, 0.2) is 42.5 Å². The lowest BCUT2D eigenvalue weighted by molar-refractivity contribution is -0.137. The van der Waals surface area contributed by atoms with E-state index in [9.17, 15) is 19.1 Å². The maximum Gasteiger partial charge on any atom is 0.258 e. The topological polar surface area (TPSA) is 96.9 Å². The van der Waals surface area contributed by atoms with Crippen molar-refractivity contribution in [2.45, 2.75) is 49.3 Å². The molecule has 1 atom stereocenters. The largest absolute Gasteiger partial charge is 0.484 e. The van der Waals surface area contributed by atoms with Crippen LogP contribution in [0.1, 0.15) is 32.1 Å². The Morgan fingerprint density at radius 2 is 1.53 bits per heavy atom. The number of hydrogen-bond donors (Lipinski definition) is 3. The van der Waals surface area contributed by atoms with Crippen LogP contribution in [0.3, 0.4) is 0 Å². The number of fused-ring (bicyclic) bond motifs is 3. The third kappa shape index (κ3) is 5.56. The lowest BCUT2D eigenvalue weighted by atomic mass is 9.60. The molecule has 3 N–H and O–H groups in total. The third-order valence-electron chi connectivity index (χ3n) is 6.56. The van der Waals surface area contributed by atoms with E-state index in [1.807, 2.05) is 0 Å². The predicted octanol–water partition coefficient (Wildman–Crippen LogP) is 3.64. The summed E-state index contributed by atoms with van der Waals surface area (Å²) in [7, 11) is 0. The van der Waals surface area contributed by atoms with Crippen LogP contribution < -0.4 is 20.1 Å². The van der Waals surface area contributed by atoms with Crippen LogP contribution in [0.2, 0.25) is 10.0 Å². The van der Waals surface area contributed by atoms with Crippen molar-refractivity contribution < 1.29 is 28.6 Å². The highest BCUT2D eigenvalue weighted by Gasteiger charge is 2.55. The third-order valence-corrected chi connectivity index (χ3v) is 7.12. The van der Waals surface area contributed by atoms with Crippen molar-refractivity contribution in [1.29, 1.82) is 0 Å². The summed E-state index contributed by atoms with van der Waals surface area (Å²) in [5.41, 5.74) is -1.32. The van der Waals surface area contributed by atoms with Crippen molar-refractivity contribution in [2.24, 2.45) is 0 Å². The van der Waals surface area contributed by atoms with Gasteiger partial charge in [0.2, 0.25) is 0 Å². The SMILES string of the molecule is O=C(COc1ccc(Cl)c(F)c1)NC12CCC(NC(=O)COc3ccc(Cl)cc3)(CC1)C(O)C2. The minimum absolute atomic E-state index is 0.0267. The Bertz CT molecular complexity index is 1060. The fraction of sp³-hybridized carbons (Fsp3) is 0.417. The van der Waals surface area contributed by atoms with Gasteiger partial charge in [-0.1, -0.05) is 23.2 Å². The van der Waals surface area contributed by atoms with Gasteiger partial charge >= 0.3 is 0 Å². The first kappa shape index (κ1) is 24.6. The Morgan fingerprint density at radius 3 is 2.15 bits per heavy atom. The zero-order chi connectivity index (χ0) is 24.3. The number of rotatable bonds is 8. The van der Waals surface area contributed by atoms with E-state index in [2.05, 4.69) is 10.6 Å². The molecular formula is C24H25Cl2FN2O5. The standard InChI is InChI=1S/C24H25Cl2FN2O5/c25-15-1-3-16(4-2-15)33-14-22(32)29-24-9-7-23(8-10-24,12-20(24)30)28-21(31)13-34-17-5-6-18(26)19(27)11-17/h1-6,11,20,30H,7-10,12-14H2,(H,28,31)(H,29,32). The molecule has 0 heterocycles. The second-order valence-corrected chi connectivity index (χ2v) is 9.70. The van der Waals surface area contributed by atoms with Crippen molar-refractivity contribution in [1.82, 2.24) is 10.6 Å². The van der Waals surface area contributed by atoms with E-state index in [1.54, 1.807) is 24.3 Å². The van der Waals surface area contributed by atoms with E-state index >= 15 is 0 Å². The molecule has 2 amide bonds. The smallest absolute Gasteiger partial charge is 0.258 e. The summed E-state index contributed by atoms with van der Waals surface area (Å²) in [6.07, 6.45) is 1.73. The summed E-state index contributed by atoms with van der Waals surface area (Å²) in [6, 6.07) is 10.7. The maximum absolute atomic E-state index is 13.5. The Balaban J connectivity index is 1.27. The molecule has 0 spiro atoms. The Kier molecular flexibility index (Phi) is 7.21. The highest BCUT2D eigenvalue weighted by atomic mass is 35.5. The molecular weight excluding hydrogens is 486 g/mol. The van der Waals surface area contributed by atoms with Gasteiger partial charge in [0.05, 0.1) is 16.7 Å². The van der Waals surface area contributed by atoms with Gasteiger partial charge in [0, 0.05) is 16.6 Å². The molecule has 0 saturated heterocycles. The number of aliphatic hydroxyl groups is 1. The van der Waals surface area contributed by atoms with Crippen LogP contribution in [0.25, 0.3) is 0 Å². The number of benzene rings is 2. The molecule has 3 fully saturated rings. The Hall–Kier alpha value is -2.55. The van der Waals surface area contributed by atoms with E-state index in [1.165, 1.54) is 12.1 Å². The number of carbonyl (C=O) groups is 2. The van der Waals surface area contributed by atoms with E-state index in [4.69, 9.17) is 32.7 Å². The number of nitrogens with one attached hydrogen (secondary N) is 2. The number of halogens is 3. The predicted molar refractivity (Wildman–Crippen MR) is 125 cm³/mol. The molecule has 2 aromatic rings. The number of amides is 2. The van der Waals surface area contributed by atoms with E-state index in [-0.39, 0.29) is 35.8 Å². The minimum Gasteiger partial charge on any atom is -0.484 e. The first-order valence-corrected chi connectivity index (χ1v) is 11.7. The number of ether oxygens (including phenoxy) is 2. The molecule has 3 aliphatic carbocycles. The average Bonchev–Trinajstić information content (AvgIpc) is 2.81. The molecule has 3 aliphatic rings. The molecule has 0 aliphatic heterocycles. The molecule has 7 nitrogen and oxygen atoms in total. The summed E-state index contributed by atoms with van der Waals surface area (Å²) in [6.45, 7) is -0.469. The van der Waals surface area contributed by atoms with E-state index in [0.717, 1.165) is 6.07 Å². The van der Waals surface area contributed by atoms with Gasteiger partial charge in [0.15, 0.2) is 13.2 Å². The monoisotopic (exact) mass is 510 g/mol. The van der Waals surface area contributed by atoms with Gasteiger partial charge in [-0.05, 0) is 68.5 Å². The molecule has 0 radical (unpaired) electrons. The van der Waals surface area contributed by atoms with Crippen molar-refractivity contribution in [3.63, 3.8) is 0 Å². The van der Waals surface area contributed by atoms with Crippen LogP contribution in [-0.4, -0.2) is 47.3 Å². The van der Waals surface area contributed by atoms with Gasteiger partial charge in [0.1, 0.15) is 17.3 Å². The summed E-state index contributed by atoms with van der Waals surface area (Å²) in [4.78, 5) is 25.0. The molecule has 0 aromatic heterocycles. The lowest BCUT2D eigenvalue weighted by Crippen LogP contribution is -2.70. The van der Waals surface area contributed by atoms with Crippen molar-refractivity contribution in [3.8, 4) is 11.5 Å². The van der Waals surface area contributed by atoms with Crippen molar-refractivity contribution in [3.05, 3.63) is 58.3 Å². The average molecular weight is 511 g/mol. The number of hydrogen-bond acceptors (Lipinski definition) is 5. The normalized spacial score (nSPS) is 25.5. The zero-order valence-corrected chi connectivity index (χ0v) is 19.8. The van der Waals surface area contributed by atoms with E-state index in [0.29, 0.717) is 42.9 Å². The molecule has 5 rings (SSSR count).